The van der Waals surface area contributed by atoms with E-state index in [1.807, 2.05) is 29.2 Å². The minimum absolute atomic E-state index is 0.00845. The van der Waals surface area contributed by atoms with Crippen molar-refractivity contribution >= 4 is 17.5 Å². The zero-order valence-electron chi connectivity index (χ0n) is 18.1. The van der Waals surface area contributed by atoms with Crippen LogP contribution in [0.15, 0.2) is 48.5 Å². The average Bonchev–Trinajstić information content (AvgIpc) is 2.77. The normalized spacial score (nSPS) is 25.5. The number of aliphatic hydroxyl groups is 1. The van der Waals surface area contributed by atoms with E-state index in [2.05, 4.69) is 5.32 Å². The highest BCUT2D eigenvalue weighted by Gasteiger charge is 2.50. The van der Waals surface area contributed by atoms with Crippen molar-refractivity contribution in [1.29, 1.82) is 0 Å². The number of hydrogen-bond donors (Lipinski definition) is 2. The van der Waals surface area contributed by atoms with Gasteiger partial charge < -0.3 is 20.1 Å². The molecule has 2 aliphatic rings. The second-order valence-electron chi connectivity index (χ2n) is 8.68. The Labute approximate surface area is 183 Å². The Morgan fingerprint density at radius 1 is 1.13 bits per heavy atom. The highest BCUT2D eigenvalue weighted by molar-refractivity contribution is 5.97. The van der Waals surface area contributed by atoms with Crippen molar-refractivity contribution in [2.45, 2.75) is 50.7 Å². The van der Waals surface area contributed by atoms with Gasteiger partial charge in [0.2, 0.25) is 5.91 Å². The molecule has 6 nitrogen and oxygen atoms in total. The van der Waals surface area contributed by atoms with Gasteiger partial charge in [0.1, 0.15) is 5.75 Å². The molecule has 1 saturated heterocycles. The third kappa shape index (κ3) is 4.30. The smallest absolute Gasteiger partial charge is 0.254 e. The van der Waals surface area contributed by atoms with Crippen molar-refractivity contribution < 1.29 is 19.4 Å². The number of amides is 2. The molecule has 2 N–H and O–H groups in total. The summed E-state index contributed by atoms with van der Waals surface area (Å²) in [6.45, 7) is 1.94. The molecule has 0 bridgehead atoms. The van der Waals surface area contributed by atoms with Crippen molar-refractivity contribution in [2.24, 2.45) is 5.92 Å². The van der Waals surface area contributed by atoms with Crippen molar-refractivity contribution in [3.05, 3.63) is 59.7 Å². The van der Waals surface area contributed by atoms with Crippen LogP contribution in [-0.4, -0.2) is 41.1 Å². The van der Waals surface area contributed by atoms with Crippen molar-refractivity contribution in [1.82, 2.24) is 4.90 Å². The summed E-state index contributed by atoms with van der Waals surface area (Å²) < 4.78 is 5.31. The van der Waals surface area contributed by atoms with Gasteiger partial charge in [0.05, 0.1) is 18.8 Å². The van der Waals surface area contributed by atoms with Gasteiger partial charge in [-0.25, -0.2) is 0 Å². The van der Waals surface area contributed by atoms with Crippen LogP contribution in [0.5, 0.6) is 5.75 Å². The van der Waals surface area contributed by atoms with Crippen LogP contribution in [0.2, 0.25) is 0 Å². The third-order valence-electron chi connectivity index (χ3n) is 6.72. The number of ether oxygens (including phenoxy) is 1. The molecule has 0 unspecified atom stereocenters. The number of piperidine rings is 1. The first-order valence-electron chi connectivity index (χ1n) is 11.0. The van der Waals surface area contributed by atoms with Crippen molar-refractivity contribution in [3.63, 3.8) is 0 Å². The molecule has 1 aliphatic heterocycles. The number of hydrogen-bond acceptors (Lipinski definition) is 4. The molecule has 1 aliphatic carbocycles. The van der Waals surface area contributed by atoms with E-state index in [4.69, 9.17) is 4.74 Å². The lowest BCUT2D eigenvalue weighted by Crippen LogP contribution is -2.56. The molecule has 0 spiro atoms. The van der Waals surface area contributed by atoms with Crippen LogP contribution in [0.3, 0.4) is 0 Å². The van der Waals surface area contributed by atoms with E-state index in [-0.39, 0.29) is 23.8 Å². The fraction of sp³-hybridized carbons (Fsp3) is 0.440. The maximum Gasteiger partial charge on any atom is 0.254 e. The minimum atomic E-state index is -0.738. The standard InChI is InChI=1S/C25H30N2O4/c1-17(28)26-20-7-5-6-19(16-20)24(29)27-15-14-25(30)13-4-3-8-22(25)23(27)18-9-11-21(31-2)12-10-18/h5-7,9-12,16,22-23,30H,3-4,8,13-15H2,1-2H3,(H,26,28)/t22-,23-,25-/m1/s1. The fourth-order valence-corrected chi connectivity index (χ4v) is 5.22. The summed E-state index contributed by atoms with van der Waals surface area (Å²) in [4.78, 5) is 27.0. The molecular formula is C25H30N2O4. The molecule has 0 radical (unpaired) electrons. The molecule has 2 amide bonds. The van der Waals surface area contributed by atoms with E-state index in [1.54, 1.807) is 31.4 Å². The van der Waals surface area contributed by atoms with Crippen LogP contribution in [0.1, 0.15) is 61.0 Å². The molecule has 31 heavy (non-hydrogen) atoms. The van der Waals surface area contributed by atoms with Gasteiger partial charge in [-0.3, -0.25) is 9.59 Å². The molecule has 1 saturated carbocycles. The molecule has 6 heteroatoms. The van der Waals surface area contributed by atoms with E-state index >= 15 is 0 Å². The maximum absolute atomic E-state index is 13.6. The summed E-state index contributed by atoms with van der Waals surface area (Å²) >= 11 is 0. The zero-order valence-corrected chi connectivity index (χ0v) is 18.1. The Morgan fingerprint density at radius 3 is 2.61 bits per heavy atom. The van der Waals surface area contributed by atoms with Crippen LogP contribution in [-0.2, 0) is 4.79 Å². The first kappa shape index (κ1) is 21.4. The lowest BCUT2D eigenvalue weighted by molar-refractivity contribution is -0.115. The summed E-state index contributed by atoms with van der Waals surface area (Å²) in [7, 11) is 1.63. The zero-order chi connectivity index (χ0) is 22.0. The van der Waals surface area contributed by atoms with Crippen LogP contribution in [0.25, 0.3) is 0 Å². The highest BCUT2D eigenvalue weighted by atomic mass is 16.5. The molecule has 1 heterocycles. The molecule has 0 aromatic heterocycles. The van der Waals surface area contributed by atoms with E-state index in [0.717, 1.165) is 37.0 Å². The van der Waals surface area contributed by atoms with Gasteiger partial charge in [-0.2, -0.15) is 0 Å². The monoisotopic (exact) mass is 422 g/mol. The van der Waals surface area contributed by atoms with E-state index < -0.39 is 5.60 Å². The summed E-state index contributed by atoms with van der Waals surface area (Å²) in [5.41, 5.74) is 1.41. The van der Waals surface area contributed by atoms with Crippen LogP contribution >= 0.6 is 0 Å². The second-order valence-corrected chi connectivity index (χ2v) is 8.68. The number of methoxy groups -OCH3 is 1. The van der Waals surface area contributed by atoms with E-state index in [9.17, 15) is 14.7 Å². The largest absolute Gasteiger partial charge is 0.497 e. The molecule has 2 fully saturated rings. The third-order valence-corrected chi connectivity index (χ3v) is 6.72. The second kappa shape index (κ2) is 8.71. The number of nitrogens with zero attached hydrogens (tertiary/aromatic N) is 1. The van der Waals surface area contributed by atoms with Crippen LogP contribution in [0.4, 0.5) is 5.69 Å². The Kier molecular flexibility index (Phi) is 6.01. The Balaban J connectivity index is 1.70. The van der Waals surface area contributed by atoms with E-state index in [1.165, 1.54) is 6.92 Å². The minimum Gasteiger partial charge on any atom is -0.497 e. The molecule has 2 aromatic carbocycles. The average molecular weight is 423 g/mol. The molecule has 2 aromatic rings. The van der Waals surface area contributed by atoms with Crippen molar-refractivity contribution in [3.8, 4) is 5.75 Å². The van der Waals surface area contributed by atoms with Gasteiger partial charge >= 0.3 is 0 Å². The number of nitrogens with one attached hydrogen (secondary N) is 1. The number of carbonyl (C=O) groups excluding carboxylic acids is 2. The van der Waals surface area contributed by atoms with Gasteiger partial charge in [0.25, 0.3) is 5.91 Å². The number of fused-ring (bicyclic) bond motifs is 1. The fourth-order valence-electron chi connectivity index (χ4n) is 5.22. The number of carbonyl (C=O) groups is 2. The summed E-state index contributed by atoms with van der Waals surface area (Å²) in [6, 6.07) is 14.7. The van der Waals surface area contributed by atoms with Crippen LogP contribution < -0.4 is 10.1 Å². The van der Waals surface area contributed by atoms with Gasteiger partial charge in [-0.05, 0) is 55.2 Å². The van der Waals surface area contributed by atoms with Crippen molar-refractivity contribution in [2.75, 3.05) is 19.0 Å². The SMILES string of the molecule is COc1ccc([C@@H]2[C@H]3CCCC[C@@]3(O)CCN2C(=O)c2cccc(NC(C)=O)c2)cc1. The van der Waals surface area contributed by atoms with Gasteiger partial charge in [-0.1, -0.05) is 31.0 Å². The number of rotatable bonds is 4. The number of likely N-dealkylation sites (tertiary alicyclic amines) is 1. The summed E-state index contributed by atoms with van der Waals surface area (Å²) in [6.07, 6.45) is 4.34. The Bertz CT molecular complexity index is 958. The van der Waals surface area contributed by atoms with Gasteiger partial charge in [0.15, 0.2) is 0 Å². The lowest BCUT2D eigenvalue weighted by Gasteiger charge is -2.52. The molecule has 164 valence electrons. The van der Waals surface area contributed by atoms with Crippen LogP contribution in [0, 0.1) is 5.92 Å². The van der Waals surface area contributed by atoms with Gasteiger partial charge in [-0.15, -0.1) is 0 Å². The van der Waals surface area contributed by atoms with E-state index in [0.29, 0.717) is 24.2 Å². The summed E-state index contributed by atoms with van der Waals surface area (Å²) in [5.74, 6) is 0.497. The molecular weight excluding hydrogens is 392 g/mol. The lowest BCUT2D eigenvalue weighted by atomic mass is 9.66. The predicted octanol–water partition coefficient (Wildman–Crippen LogP) is 4.16. The topological polar surface area (TPSA) is 78.9 Å². The first-order chi connectivity index (χ1) is 14.9. The Morgan fingerprint density at radius 2 is 1.90 bits per heavy atom. The molecule has 4 rings (SSSR count). The molecule has 3 atom stereocenters. The maximum atomic E-state index is 13.6. The number of benzene rings is 2. The number of anilines is 1. The summed E-state index contributed by atoms with van der Waals surface area (Å²) in [5, 5.41) is 14.2. The predicted molar refractivity (Wildman–Crippen MR) is 119 cm³/mol. The van der Waals surface area contributed by atoms with Gasteiger partial charge in [0, 0.05) is 30.6 Å². The highest BCUT2D eigenvalue weighted by Crippen LogP contribution is 2.49. The Hall–Kier alpha value is -2.86. The quantitative estimate of drug-likeness (QED) is 0.775. The first-order valence-corrected chi connectivity index (χ1v) is 11.0.